The molecule has 0 aliphatic heterocycles. The van der Waals surface area contributed by atoms with Crippen LogP contribution < -0.4 is 11.5 Å². The van der Waals surface area contributed by atoms with Gasteiger partial charge in [0.1, 0.15) is 0 Å². The summed E-state index contributed by atoms with van der Waals surface area (Å²) in [5.74, 6) is 0. The molecule has 0 aromatic rings. The van der Waals surface area contributed by atoms with E-state index in [2.05, 4.69) is 0 Å². The molecule has 0 fully saturated rings. The maximum Gasteiger partial charge on any atom is 0.0613 e. The quantitative estimate of drug-likeness (QED) is 0.576. The molecule has 0 spiro atoms. The van der Waals surface area contributed by atoms with Crippen molar-refractivity contribution in [2.75, 3.05) is 20.3 Å². The third kappa shape index (κ3) is 14.7. The van der Waals surface area contributed by atoms with Crippen LogP contribution >= 0.6 is 0 Å². The molecule has 0 saturated heterocycles. The molecule has 0 aromatic carbocycles. The Morgan fingerprint density at radius 2 is 1.62 bits per heavy atom. The number of ether oxygens (including phenoxy) is 1. The van der Waals surface area contributed by atoms with Crippen LogP contribution in [0.2, 0.25) is 0 Å². The van der Waals surface area contributed by atoms with Gasteiger partial charge in [-0.05, 0) is 12.8 Å². The lowest BCUT2D eigenvalue weighted by Gasteiger charge is -2.03. The Hall–Kier alpha value is -0.160. The van der Waals surface area contributed by atoms with E-state index < -0.39 is 0 Å². The van der Waals surface area contributed by atoms with Crippen molar-refractivity contribution >= 4 is 0 Å². The van der Waals surface area contributed by atoms with Crippen LogP contribution in [0.15, 0.2) is 0 Å². The maximum atomic E-state index is 8.21. The summed E-state index contributed by atoms with van der Waals surface area (Å²) in [4.78, 5) is 0. The first-order valence-corrected chi connectivity index (χ1v) is 4.73. The molecule has 0 radical (unpaired) electrons. The van der Waals surface area contributed by atoms with Gasteiger partial charge in [-0.2, -0.15) is 0 Å². The zero-order chi connectivity index (χ0) is 10.7. The van der Waals surface area contributed by atoms with Gasteiger partial charge in [-0.1, -0.05) is 13.8 Å². The minimum atomic E-state index is -0.00926. The minimum absolute atomic E-state index is 0.00926. The predicted octanol–water partition coefficient (Wildman–Crippen LogP) is 0.0861. The number of hydrogen-bond donors (Lipinski definition) is 3. The van der Waals surface area contributed by atoms with Crippen molar-refractivity contribution < 1.29 is 9.84 Å². The maximum absolute atomic E-state index is 8.21. The summed E-state index contributed by atoms with van der Waals surface area (Å²) in [6.45, 7) is 4.78. The smallest absolute Gasteiger partial charge is 0.0613 e. The molecule has 0 heterocycles. The third-order valence-corrected chi connectivity index (χ3v) is 1.66. The molecule has 0 aliphatic carbocycles. The second-order valence-electron chi connectivity index (χ2n) is 2.97. The molecule has 0 rings (SSSR count). The van der Waals surface area contributed by atoms with Crippen molar-refractivity contribution in [3.05, 3.63) is 0 Å². The number of methoxy groups -OCH3 is 1. The van der Waals surface area contributed by atoms with E-state index >= 15 is 0 Å². The number of rotatable bonds is 5. The molecule has 82 valence electrons. The van der Waals surface area contributed by atoms with Gasteiger partial charge in [0.15, 0.2) is 0 Å². The monoisotopic (exact) mass is 192 g/mol. The van der Waals surface area contributed by atoms with Crippen LogP contribution in [0.1, 0.15) is 26.7 Å². The number of hydrogen-bond acceptors (Lipinski definition) is 4. The van der Waals surface area contributed by atoms with E-state index in [4.69, 9.17) is 21.3 Å². The first kappa shape index (κ1) is 15.3. The molecule has 0 amide bonds. The van der Waals surface area contributed by atoms with Gasteiger partial charge in [0, 0.05) is 19.2 Å². The van der Waals surface area contributed by atoms with Crippen molar-refractivity contribution in [3.8, 4) is 0 Å². The lowest BCUT2D eigenvalue weighted by molar-refractivity contribution is 0.179. The van der Waals surface area contributed by atoms with Crippen LogP contribution in [-0.2, 0) is 4.74 Å². The Balaban J connectivity index is 0. The van der Waals surface area contributed by atoms with E-state index in [0.29, 0.717) is 6.61 Å². The van der Waals surface area contributed by atoms with Crippen molar-refractivity contribution in [2.45, 2.75) is 38.8 Å². The second kappa shape index (κ2) is 11.8. The van der Waals surface area contributed by atoms with Crippen molar-refractivity contribution in [2.24, 2.45) is 11.5 Å². The van der Waals surface area contributed by atoms with E-state index in [-0.39, 0.29) is 18.7 Å². The predicted molar refractivity (Wildman–Crippen MR) is 55.5 cm³/mol. The fraction of sp³-hybridized carbons (Fsp3) is 1.00. The molecule has 5 N–H and O–H groups in total. The van der Waals surface area contributed by atoms with Crippen LogP contribution in [0.3, 0.4) is 0 Å². The Morgan fingerprint density at radius 1 is 1.15 bits per heavy atom. The number of nitrogens with two attached hydrogens (primary N) is 2. The molecular weight excluding hydrogens is 168 g/mol. The number of aliphatic hydroxyl groups is 1. The van der Waals surface area contributed by atoms with Gasteiger partial charge in [-0.3, -0.25) is 0 Å². The molecule has 0 saturated carbocycles. The van der Waals surface area contributed by atoms with Crippen LogP contribution in [0.4, 0.5) is 0 Å². The van der Waals surface area contributed by atoms with Gasteiger partial charge < -0.3 is 21.3 Å². The highest BCUT2D eigenvalue weighted by Gasteiger charge is 1.93. The SMILES string of the molecule is CC[C@@H](N)CO.CC[C@@H](N)COC. The highest BCUT2D eigenvalue weighted by molar-refractivity contribution is 4.53. The Kier molecular flexibility index (Phi) is 14.0. The zero-order valence-corrected chi connectivity index (χ0v) is 8.99. The van der Waals surface area contributed by atoms with E-state index in [1.807, 2.05) is 13.8 Å². The van der Waals surface area contributed by atoms with Gasteiger partial charge in [0.25, 0.3) is 0 Å². The van der Waals surface area contributed by atoms with Gasteiger partial charge in [0.2, 0.25) is 0 Å². The molecule has 4 heteroatoms. The Morgan fingerprint density at radius 3 is 1.69 bits per heavy atom. The van der Waals surface area contributed by atoms with Crippen LogP contribution in [0.5, 0.6) is 0 Å². The highest BCUT2D eigenvalue weighted by atomic mass is 16.5. The third-order valence-electron chi connectivity index (χ3n) is 1.66. The van der Waals surface area contributed by atoms with Crippen molar-refractivity contribution in [3.63, 3.8) is 0 Å². The average Bonchev–Trinajstić information content (AvgIpc) is 2.18. The molecule has 13 heavy (non-hydrogen) atoms. The van der Waals surface area contributed by atoms with Gasteiger partial charge in [-0.25, -0.2) is 0 Å². The zero-order valence-electron chi connectivity index (χ0n) is 8.99. The standard InChI is InChI=1S/C5H13NO.C4H11NO/c1-3-5(6)4-7-2;1-2-4(5)3-6/h5H,3-4,6H2,1-2H3;4,6H,2-3,5H2,1H3/t5-;4-/m11/s1. The first-order chi connectivity index (χ1) is 6.12. The largest absolute Gasteiger partial charge is 0.395 e. The fourth-order valence-corrected chi connectivity index (χ4v) is 0.461. The lowest BCUT2D eigenvalue weighted by Crippen LogP contribution is -2.23. The first-order valence-electron chi connectivity index (χ1n) is 4.73. The fourth-order valence-electron chi connectivity index (χ4n) is 0.461. The van der Waals surface area contributed by atoms with E-state index in [9.17, 15) is 0 Å². The van der Waals surface area contributed by atoms with E-state index in [1.54, 1.807) is 7.11 Å². The van der Waals surface area contributed by atoms with Gasteiger partial charge >= 0.3 is 0 Å². The summed E-state index contributed by atoms with van der Waals surface area (Å²) in [5.41, 5.74) is 10.7. The normalized spacial score (nSPS) is 14.3. The molecule has 2 atom stereocenters. The Bertz CT molecular complexity index is 87.7. The highest BCUT2D eigenvalue weighted by Crippen LogP contribution is 1.83. The summed E-state index contributed by atoms with van der Waals surface area (Å²) in [6, 6.07) is 0.218. The summed E-state index contributed by atoms with van der Waals surface area (Å²) < 4.78 is 4.77. The molecule has 0 unspecified atom stereocenters. The molecule has 0 bridgehead atoms. The van der Waals surface area contributed by atoms with Gasteiger partial charge in [-0.15, -0.1) is 0 Å². The van der Waals surface area contributed by atoms with E-state index in [0.717, 1.165) is 12.8 Å². The minimum Gasteiger partial charge on any atom is -0.395 e. The summed E-state index contributed by atoms with van der Waals surface area (Å²) >= 11 is 0. The molecule has 0 aromatic heterocycles. The summed E-state index contributed by atoms with van der Waals surface area (Å²) in [5, 5.41) is 8.21. The van der Waals surface area contributed by atoms with Crippen LogP contribution in [0.25, 0.3) is 0 Å². The second-order valence-corrected chi connectivity index (χ2v) is 2.97. The average molecular weight is 192 g/mol. The topological polar surface area (TPSA) is 81.5 Å². The summed E-state index contributed by atoms with van der Waals surface area (Å²) in [6.07, 6.45) is 1.85. The van der Waals surface area contributed by atoms with Crippen LogP contribution in [-0.4, -0.2) is 37.5 Å². The molecular formula is C9H24N2O2. The van der Waals surface area contributed by atoms with Crippen LogP contribution in [0, 0.1) is 0 Å². The van der Waals surface area contributed by atoms with Gasteiger partial charge in [0.05, 0.1) is 13.2 Å². The van der Waals surface area contributed by atoms with Crippen molar-refractivity contribution in [1.29, 1.82) is 0 Å². The lowest BCUT2D eigenvalue weighted by atomic mass is 10.3. The molecule has 0 aliphatic rings. The van der Waals surface area contributed by atoms with Crippen molar-refractivity contribution in [1.82, 2.24) is 0 Å². The number of aliphatic hydroxyl groups excluding tert-OH is 1. The Labute approximate surface area is 81.3 Å². The van der Waals surface area contributed by atoms with E-state index in [1.165, 1.54) is 0 Å². The molecule has 4 nitrogen and oxygen atoms in total. The summed E-state index contributed by atoms with van der Waals surface area (Å²) in [7, 11) is 1.66.